The lowest BCUT2D eigenvalue weighted by atomic mass is 9.87. The Morgan fingerprint density at radius 1 is 0.912 bits per heavy atom. The predicted octanol–water partition coefficient (Wildman–Crippen LogP) is 5.71. The summed E-state index contributed by atoms with van der Waals surface area (Å²) in [6.45, 7) is 2.87. The molecule has 6 heteroatoms. The number of carbonyl (C=O) groups excluding carboxylic acids is 1. The second-order valence-electron chi connectivity index (χ2n) is 9.29. The van der Waals surface area contributed by atoms with Crippen LogP contribution in [-0.2, 0) is 0 Å². The maximum Gasteiger partial charge on any atom is 0.344 e. The molecule has 0 aromatic heterocycles. The Morgan fingerprint density at radius 2 is 1.53 bits per heavy atom. The van der Waals surface area contributed by atoms with Gasteiger partial charge in [-0.15, -0.1) is 0 Å². The largest absolute Gasteiger partial charge is 0.344 e. The van der Waals surface area contributed by atoms with Crippen molar-refractivity contribution in [1.29, 1.82) is 0 Å². The fourth-order valence-corrected chi connectivity index (χ4v) is 5.39. The van der Waals surface area contributed by atoms with Crippen molar-refractivity contribution in [1.82, 2.24) is 9.80 Å². The van der Waals surface area contributed by atoms with E-state index in [1.807, 2.05) is 47.4 Å². The van der Waals surface area contributed by atoms with Crippen LogP contribution in [0.5, 0.6) is 0 Å². The normalized spacial score (nSPS) is 20.8. The highest BCUT2D eigenvalue weighted by molar-refractivity contribution is 6.12. The zero-order valence-electron chi connectivity index (χ0n) is 19.1. The lowest BCUT2D eigenvalue weighted by Gasteiger charge is -2.38. The summed E-state index contributed by atoms with van der Waals surface area (Å²) in [4.78, 5) is 21.1. The quantitative estimate of drug-likeness (QED) is 0.529. The van der Waals surface area contributed by atoms with Gasteiger partial charge in [-0.2, -0.15) is 4.99 Å². The molecule has 2 aliphatic heterocycles. The molecule has 1 aliphatic carbocycles. The number of allylic oxidation sites excluding steroid dienone is 2. The van der Waals surface area contributed by atoms with E-state index in [-0.39, 0.29) is 35.7 Å². The molecule has 2 heterocycles. The Kier molecular flexibility index (Phi) is 6.68. The molecule has 5 rings (SSSR count). The van der Waals surface area contributed by atoms with Gasteiger partial charge in [0.25, 0.3) is 0 Å². The zero-order chi connectivity index (χ0) is 23.5. The maximum absolute atomic E-state index is 13.5. The summed E-state index contributed by atoms with van der Waals surface area (Å²) in [5, 5.41) is 0. The smallest absolute Gasteiger partial charge is 0.308 e. The highest BCUT2D eigenvalue weighted by Crippen LogP contribution is 2.31. The van der Waals surface area contributed by atoms with E-state index >= 15 is 0 Å². The van der Waals surface area contributed by atoms with E-state index in [4.69, 9.17) is 0 Å². The van der Waals surface area contributed by atoms with Gasteiger partial charge >= 0.3 is 6.03 Å². The van der Waals surface area contributed by atoms with Gasteiger partial charge in [0.05, 0.1) is 11.8 Å². The van der Waals surface area contributed by atoms with Gasteiger partial charge in [0.15, 0.2) is 0 Å². The minimum absolute atomic E-state index is 0.0128. The summed E-state index contributed by atoms with van der Waals surface area (Å²) in [5.41, 5.74) is 2.94. The molecular formula is C28H29F2N3O. The molecule has 0 saturated carbocycles. The van der Waals surface area contributed by atoms with Crippen LogP contribution >= 0.6 is 0 Å². The first kappa shape index (κ1) is 22.7. The number of likely N-dealkylation sites (tertiary alicyclic amines) is 1. The molecular weight excluding hydrogens is 432 g/mol. The number of rotatable bonds is 7. The van der Waals surface area contributed by atoms with Gasteiger partial charge in [-0.3, -0.25) is 0 Å². The number of carbonyl (C=O) groups is 1. The van der Waals surface area contributed by atoms with Gasteiger partial charge in [-0.25, -0.2) is 13.6 Å². The van der Waals surface area contributed by atoms with Crippen molar-refractivity contribution in [2.75, 3.05) is 19.6 Å². The Labute approximate surface area is 199 Å². The van der Waals surface area contributed by atoms with E-state index in [1.165, 1.54) is 24.3 Å². The monoisotopic (exact) mass is 461 g/mol. The van der Waals surface area contributed by atoms with Crippen molar-refractivity contribution < 1.29 is 13.6 Å². The van der Waals surface area contributed by atoms with Crippen LogP contribution in [0.3, 0.4) is 0 Å². The third kappa shape index (κ3) is 4.87. The van der Waals surface area contributed by atoms with E-state index in [9.17, 15) is 13.6 Å². The van der Waals surface area contributed by atoms with Crippen LogP contribution in [0.2, 0.25) is 0 Å². The number of piperidine rings is 1. The van der Waals surface area contributed by atoms with E-state index in [0.29, 0.717) is 0 Å². The van der Waals surface area contributed by atoms with Crippen molar-refractivity contribution in [2.45, 2.75) is 43.7 Å². The molecule has 2 aromatic carbocycles. The lowest BCUT2D eigenvalue weighted by molar-refractivity contribution is 0.126. The minimum atomic E-state index is -0.252. The Morgan fingerprint density at radius 3 is 2.15 bits per heavy atom. The lowest BCUT2D eigenvalue weighted by Crippen LogP contribution is -2.49. The molecule has 1 unspecified atom stereocenters. The van der Waals surface area contributed by atoms with Crippen molar-refractivity contribution in [3.05, 3.63) is 95.6 Å². The summed E-state index contributed by atoms with van der Waals surface area (Å²) in [6.07, 6.45) is 11.7. The molecule has 0 N–H and O–H groups in total. The van der Waals surface area contributed by atoms with Crippen LogP contribution in [0, 0.1) is 11.6 Å². The van der Waals surface area contributed by atoms with Crippen LogP contribution in [0.1, 0.15) is 42.7 Å². The fraction of sp³-hybridized carbons (Fsp3) is 0.357. The summed E-state index contributed by atoms with van der Waals surface area (Å²) in [5.74, 6) is -0.404. The van der Waals surface area contributed by atoms with Crippen LogP contribution in [0.4, 0.5) is 13.6 Å². The highest BCUT2D eigenvalue weighted by atomic mass is 19.1. The fourth-order valence-electron chi connectivity index (χ4n) is 5.39. The average Bonchev–Trinajstić information content (AvgIpc) is 3.19. The third-order valence-corrected chi connectivity index (χ3v) is 7.18. The molecule has 1 fully saturated rings. The second kappa shape index (κ2) is 10.0. The van der Waals surface area contributed by atoms with Gasteiger partial charge in [-0.1, -0.05) is 42.5 Å². The number of fused-ring (bicyclic) bond motifs is 1. The van der Waals surface area contributed by atoms with Crippen LogP contribution in [-0.4, -0.2) is 53.3 Å². The Balaban J connectivity index is 1.16. The van der Waals surface area contributed by atoms with Crippen molar-refractivity contribution in [3.8, 4) is 0 Å². The molecule has 1 atom stereocenters. The summed E-state index contributed by atoms with van der Waals surface area (Å²) in [7, 11) is 0. The highest BCUT2D eigenvalue weighted by Gasteiger charge is 2.38. The molecule has 176 valence electrons. The molecule has 0 radical (unpaired) electrons. The topological polar surface area (TPSA) is 35.9 Å². The molecule has 2 amide bonds. The van der Waals surface area contributed by atoms with Gasteiger partial charge in [0.2, 0.25) is 0 Å². The number of amides is 2. The van der Waals surface area contributed by atoms with E-state index in [2.05, 4.69) is 16.0 Å². The zero-order valence-corrected chi connectivity index (χ0v) is 19.1. The van der Waals surface area contributed by atoms with Gasteiger partial charge in [-0.05, 0) is 73.7 Å². The Bertz CT molecular complexity index is 1050. The van der Waals surface area contributed by atoms with Crippen LogP contribution < -0.4 is 0 Å². The maximum atomic E-state index is 13.5. The first-order chi connectivity index (χ1) is 16.6. The summed E-state index contributed by atoms with van der Waals surface area (Å²) < 4.78 is 26.9. The van der Waals surface area contributed by atoms with Gasteiger partial charge in [0, 0.05) is 25.0 Å². The number of halogens is 2. The molecule has 1 saturated heterocycles. The predicted molar refractivity (Wildman–Crippen MR) is 130 cm³/mol. The van der Waals surface area contributed by atoms with E-state index in [0.717, 1.165) is 62.2 Å². The van der Waals surface area contributed by atoms with Crippen molar-refractivity contribution in [3.63, 3.8) is 0 Å². The molecule has 3 aliphatic rings. The van der Waals surface area contributed by atoms with Gasteiger partial charge in [0.1, 0.15) is 11.6 Å². The third-order valence-electron chi connectivity index (χ3n) is 7.18. The standard InChI is InChI=1S/C28H29F2N3O/c29-22-11-7-20(8-12-22)25(21-9-13-23(30)14-10-21)4-3-17-32-18-15-24(16-19-32)33-27-6-2-1-5-26(27)31-28(33)34/h1-2,5-14,24-25,27H,3-4,15-19H2. The summed E-state index contributed by atoms with van der Waals surface area (Å²) >= 11 is 0. The number of nitrogens with zero attached hydrogens (tertiary/aromatic N) is 3. The van der Waals surface area contributed by atoms with Gasteiger partial charge < -0.3 is 9.80 Å². The number of urea groups is 1. The summed E-state index contributed by atoms with van der Waals surface area (Å²) in [6, 6.07) is 13.4. The van der Waals surface area contributed by atoms with Crippen molar-refractivity contribution in [2.24, 2.45) is 4.99 Å². The average molecular weight is 462 g/mol. The first-order valence-electron chi connectivity index (χ1n) is 12.1. The molecule has 34 heavy (non-hydrogen) atoms. The SMILES string of the molecule is O=C1N=C2C=CC=CC2N1C1CCN(CCCC(c2ccc(F)cc2)c2ccc(F)cc2)CC1. The van der Waals surface area contributed by atoms with E-state index < -0.39 is 0 Å². The molecule has 4 nitrogen and oxygen atoms in total. The number of aliphatic imine (C=N–C) groups is 1. The number of hydrogen-bond donors (Lipinski definition) is 0. The van der Waals surface area contributed by atoms with E-state index in [1.54, 1.807) is 0 Å². The molecule has 2 aromatic rings. The van der Waals surface area contributed by atoms with Crippen LogP contribution in [0.25, 0.3) is 0 Å². The Hall–Kier alpha value is -3.12. The first-order valence-corrected chi connectivity index (χ1v) is 12.1. The molecule has 0 bridgehead atoms. The van der Waals surface area contributed by atoms with Crippen LogP contribution in [0.15, 0.2) is 77.8 Å². The number of benzene rings is 2. The molecule has 0 spiro atoms. The number of hydrogen-bond acceptors (Lipinski definition) is 2. The van der Waals surface area contributed by atoms with Crippen molar-refractivity contribution >= 4 is 11.7 Å². The second-order valence-corrected chi connectivity index (χ2v) is 9.29. The minimum Gasteiger partial charge on any atom is -0.308 e.